The minimum Gasteiger partial charge on any atom is -1.00 e. The van der Waals surface area contributed by atoms with Crippen molar-refractivity contribution in [2.75, 3.05) is 0 Å². The van der Waals surface area contributed by atoms with E-state index in [0.717, 1.165) is 0 Å². The van der Waals surface area contributed by atoms with Gasteiger partial charge < -0.3 is 12.4 Å². The van der Waals surface area contributed by atoms with E-state index in [2.05, 4.69) is 36.2 Å². The number of H-pyrrole nitrogens is 1. The fraction of sp³-hybridized carbons (Fsp3) is 0.400. The SMILES string of the molecule is Cc1c2c([nH+]c3ccccc13)CCCCC2.[Cl-]. The number of nitrogens with one attached hydrogen (secondary N) is 1. The lowest BCUT2D eigenvalue weighted by atomic mass is 9.98. The van der Waals surface area contributed by atoms with Crippen molar-refractivity contribution in [2.45, 2.75) is 39.0 Å². The number of halogens is 1. The minimum absolute atomic E-state index is 0. The molecule has 2 aromatic rings. The van der Waals surface area contributed by atoms with Crippen molar-refractivity contribution in [3.63, 3.8) is 0 Å². The molecule has 1 aromatic carbocycles. The molecule has 0 fully saturated rings. The van der Waals surface area contributed by atoms with Crippen LogP contribution in [0.25, 0.3) is 10.9 Å². The van der Waals surface area contributed by atoms with E-state index in [-0.39, 0.29) is 12.4 Å². The lowest BCUT2D eigenvalue weighted by Crippen LogP contribution is -3.00. The molecule has 2 heteroatoms. The Kier molecular flexibility index (Phi) is 3.68. The molecule has 0 aliphatic heterocycles. The van der Waals surface area contributed by atoms with Crippen LogP contribution >= 0.6 is 0 Å². The molecular formula is C15H18ClN. The summed E-state index contributed by atoms with van der Waals surface area (Å²) < 4.78 is 0. The molecule has 0 atom stereocenters. The highest BCUT2D eigenvalue weighted by atomic mass is 35.5. The van der Waals surface area contributed by atoms with Crippen LogP contribution in [0, 0.1) is 6.92 Å². The molecule has 1 N–H and O–H groups in total. The Bertz CT molecular complexity index is 534. The molecule has 0 unspecified atom stereocenters. The van der Waals surface area contributed by atoms with Gasteiger partial charge in [-0.1, -0.05) is 18.6 Å². The van der Waals surface area contributed by atoms with Gasteiger partial charge in [0.15, 0.2) is 5.69 Å². The van der Waals surface area contributed by atoms with E-state index in [1.165, 1.54) is 54.3 Å². The Hall–Kier alpha value is -1.08. The molecule has 0 saturated carbocycles. The van der Waals surface area contributed by atoms with Gasteiger partial charge in [0.1, 0.15) is 0 Å². The number of fused-ring (bicyclic) bond motifs is 2. The first kappa shape index (κ1) is 12.4. The molecule has 0 saturated heterocycles. The Morgan fingerprint density at radius 1 is 1.00 bits per heavy atom. The van der Waals surface area contributed by atoms with Crippen LogP contribution in [0.5, 0.6) is 0 Å². The predicted octanol–water partition coefficient (Wildman–Crippen LogP) is 0.235. The second-order valence-corrected chi connectivity index (χ2v) is 4.81. The summed E-state index contributed by atoms with van der Waals surface area (Å²) in [4.78, 5) is 3.63. The summed E-state index contributed by atoms with van der Waals surface area (Å²) in [6.07, 6.45) is 6.53. The lowest BCUT2D eigenvalue weighted by Gasteiger charge is -2.06. The number of hydrogen-bond donors (Lipinski definition) is 0. The average molecular weight is 248 g/mol. The molecule has 90 valence electrons. The Balaban J connectivity index is 0.00000108. The van der Waals surface area contributed by atoms with E-state index in [9.17, 15) is 0 Å². The molecule has 1 nitrogen and oxygen atoms in total. The Morgan fingerprint density at radius 2 is 1.76 bits per heavy atom. The minimum atomic E-state index is 0. The molecule has 17 heavy (non-hydrogen) atoms. The highest BCUT2D eigenvalue weighted by Crippen LogP contribution is 2.25. The van der Waals surface area contributed by atoms with Crippen molar-refractivity contribution < 1.29 is 17.4 Å². The molecule has 0 radical (unpaired) electrons. The summed E-state index contributed by atoms with van der Waals surface area (Å²) in [5.41, 5.74) is 5.84. The zero-order valence-electron chi connectivity index (χ0n) is 10.2. The van der Waals surface area contributed by atoms with Gasteiger partial charge >= 0.3 is 0 Å². The number of pyridine rings is 1. The fourth-order valence-corrected chi connectivity index (χ4v) is 2.88. The van der Waals surface area contributed by atoms with E-state index in [0.29, 0.717) is 0 Å². The maximum atomic E-state index is 3.63. The van der Waals surface area contributed by atoms with Gasteiger partial charge in [-0.05, 0) is 37.8 Å². The molecule has 0 amide bonds. The van der Waals surface area contributed by atoms with Gasteiger partial charge in [-0.2, -0.15) is 0 Å². The number of rotatable bonds is 0. The van der Waals surface area contributed by atoms with Crippen LogP contribution in [-0.4, -0.2) is 0 Å². The van der Waals surface area contributed by atoms with E-state index >= 15 is 0 Å². The van der Waals surface area contributed by atoms with Crippen LogP contribution in [0.3, 0.4) is 0 Å². The highest BCUT2D eigenvalue weighted by Gasteiger charge is 2.18. The third-order valence-corrected chi connectivity index (χ3v) is 3.79. The van der Waals surface area contributed by atoms with Gasteiger partial charge in [0.05, 0.1) is 0 Å². The van der Waals surface area contributed by atoms with Gasteiger partial charge in [-0.15, -0.1) is 0 Å². The van der Waals surface area contributed by atoms with Crippen LogP contribution in [0.2, 0.25) is 0 Å². The monoisotopic (exact) mass is 247 g/mol. The molecule has 1 aliphatic carbocycles. The van der Waals surface area contributed by atoms with E-state index in [4.69, 9.17) is 0 Å². The number of aromatic amines is 1. The quantitative estimate of drug-likeness (QED) is 0.592. The predicted molar refractivity (Wildman–Crippen MR) is 66.5 cm³/mol. The summed E-state index contributed by atoms with van der Waals surface area (Å²) in [6, 6.07) is 8.66. The van der Waals surface area contributed by atoms with E-state index in [1.54, 1.807) is 5.56 Å². The van der Waals surface area contributed by atoms with Crippen LogP contribution in [0.4, 0.5) is 0 Å². The number of hydrogen-bond acceptors (Lipinski definition) is 0. The fourth-order valence-electron chi connectivity index (χ4n) is 2.88. The Labute approximate surface area is 109 Å². The lowest BCUT2D eigenvalue weighted by molar-refractivity contribution is -0.358. The topological polar surface area (TPSA) is 14.1 Å². The van der Waals surface area contributed by atoms with Gasteiger partial charge in [-0.25, -0.2) is 4.98 Å². The molecule has 1 aliphatic rings. The zero-order valence-corrected chi connectivity index (χ0v) is 11.0. The van der Waals surface area contributed by atoms with Crippen LogP contribution in [0.1, 0.15) is 36.1 Å². The van der Waals surface area contributed by atoms with Gasteiger partial charge in [0, 0.05) is 23.4 Å². The van der Waals surface area contributed by atoms with Crippen molar-refractivity contribution in [3.05, 3.63) is 41.1 Å². The zero-order chi connectivity index (χ0) is 11.0. The second-order valence-electron chi connectivity index (χ2n) is 4.81. The molecular weight excluding hydrogens is 230 g/mol. The summed E-state index contributed by atoms with van der Waals surface area (Å²) in [5, 5.41) is 1.39. The third kappa shape index (κ3) is 2.16. The van der Waals surface area contributed by atoms with Crippen molar-refractivity contribution in [3.8, 4) is 0 Å². The summed E-state index contributed by atoms with van der Waals surface area (Å²) in [5.74, 6) is 0. The average Bonchev–Trinajstić information content (AvgIpc) is 2.55. The largest absolute Gasteiger partial charge is 1.00 e. The molecule has 1 heterocycles. The van der Waals surface area contributed by atoms with Crippen molar-refractivity contribution in [1.29, 1.82) is 0 Å². The summed E-state index contributed by atoms with van der Waals surface area (Å²) in [7, 11) is 0. The smallest absolute Gasteiger partial charge is 0.211 e. The first-order valence-electron chi connectivity index (χ1n) is 6.28. The van der Waals surface area contributed by atoms with Gasteiger partial charge in [0.2, 0.25) is 5.52 Å². The number of para-hydroxylation sites is 1. The maximum Gasteiger partial charge on any atom is 0.211 e. The number of benzene rings is 1. The molecule has 1 aromatic heterocycles. The third-order valence-electron chi connectivity index (χ3n) is 3.79. The van der Waals surface area contributed by atoms with Gasteiger partial charge in [0.25, 0.3) is 0 Å². The van der Waals surface area contributed by atoms with Crippen molar-refractivity contribution >= 4 is 10.9 Å². The van der Waals surface area contributed by atoms with Crippen LogP contribution < -0.4 is 17.4 Å². The van der Waals surface area contributed by atoms with Gasteiger partial charge in [-0.3, -0.25) is 0 Å². The van der Waals surface area contributed by atoms with Crippen molar-refractivity contribution in [2.24, 2.45) is 0 Å². The molecule has 3 rings (SSSR count). The maximum absolute atomic E-state index is 3.63. The summed E-state index contributed by atoms with van der Waals surface area (Å²) in [6.45, 7) is 2.28. The highest BCUT2D eigenvalue weighted by molar-refractivity contribution is 5.80. The van der Waals surface area contributed by atoms with E-state index < -0.39 is 0 Å². The molecule has 0 spiro atoms. The van der Waals surface area contributed by atoms with Crippen LogP contribution in [0.15, 0.2) is 24.3 Å². The standard InChI is InChI=1S/C15H17N.ClH/c1-11-12-7-3-2-4-9-14(12)16-15-10-6-5-8-13(11)15;/h5-6,8,10H,2-4,7,9H2,1H3;1H. The number of aromatic nitrogens is 1. The van der Waals surface area contributed by atoms with Crippen molar-refractivity contribution in [1.82, 2.24) is 0 Å². The Morgan fingerprint density at radius 3 is 2.65 bits per heavy atom. The number of aryl methyl sites for hydroxylation is 2. The first-order valence-corrected chi connectivity index (χ1v) is 6.28. The summed E-state index contributed by atoms with van der Waals surface area (Å²) >= 11 is 0. The first-order chi connectivity index (χ1) is 7.86. The molecule has 0 bridgehead atoms. The van der Waals surface area contributed by atoms with Crippen LogP contribution in [-0.2, 0) is 12.8 Å². The normalized spacial score (nSPS) is 14.9. The second kappa shape index (κ2) is 5.05. The van der Waals surface area contributed by atoms with E-state index in [1.807, 2.05) is 0 Å².